The second kappa shape index (κ2) is 10.8. The van der Waals surface area contributed by atoms with Crippen LogP contribution in [0.4, 0.5) is 5.82 Å². The van der Waals surface area contributed by atoms with Crippen molar-refractivity contribution in [3.63, 3.8) is 0 Å². The smallest absolute Gasteiger partial charge is 0.251 e. The number of amides is 1. The number of hydrogen-bond donors (Lipinski definition) is 2. The first kappa shape index (κ1) is 24.9. The summed E-state index contributed by atoms with van der Waals surface area (Å²) < 4.78 is 2.02. The Morgan fingerprint density at radius 2 is 1.73 bits per heavy atom. The number of rotatable bonds is 8. The summed E-state index contributed by atoms with van der Waals surface area (Å²) in [6, 6.07) is 20.9. The molecule has 1 saturated carbocycles. The Bertz CT molecular complexity index is 1600. The number of fused-ring (bicyclic) bond motifs is 1. The first-order valence-corrected chi connectivity index (χ1v) is 14.9. The fourth-order valence-electron chi connectivity index (χ4n) is 5.25. The number of carbonyl (C=O) groups is 1. The summed E-state index contributed by atoms with van der Waals surface area (Å²) in [5, 5.41) is 10.9. The molecular formula is C31H31N7OS. The zero-order valence-electron chi connectivity index (χ0n) is 22.2. The number of piperidine rings is 1. The molecule has 2 aromatic carbocycles. The van der Waals surface area contributed by atoms with Gasteiger partial charge in [-0.3, -0.25) is 14.3 Å². The largest absolute Gasteiger partial charge is 0.365 e. The Morgan fingerprint density at radius 1 is 0.925 bits per heavy atom. The average molecular weight is 550 g/mol. The summed E-state index contributed by atoms with van der Waals surface area (Å²) in [6.45, 7) is 3.04. The van der Waals surface area contributed by atoms with E-state index in [1.165, 1.54) is 5.56 Å². The lowest BCUT2D eigenvalue weighted by molar-refractivity contribution is 0.0951. The third-order valence-corrected chi connectivity index (χ3v) is 8.35. The number of anilines is 1. The summed E-state index contributed by atoms with van der Waals surface area (Å²) in [5.74, 6) is 1.34. The van der Waals surface area contributed by atoms with Crippen molar-refractivity contribution in [3.05, 3.63) is 88.9 Å². The van der Waals surface area contributed by atoms with Gasteiger partial charge in [0.2, 0.25) is 0 Å². The molecule has 8 nitrogen and oxygen atoms in total. The summed E-state index contributed by atoms with van der Waals surface area (Å²) >= 11 is 1.64. The maximum Gasteiger partial charge on any atom is 0.251 e. The highest BCUT2D eigenvalue weighted by atomic mass is 32.1. The molecule has 40 heavy (non-hydrogen) atoms. The van der Waals surface area contributed by atoms with Crippen molar-refractivity contribution >= 4 is 34.2 Å². The molecule has 0 bridgehead atoms. The first-order chi connectivity index (χ1) is 19.7. The van der Waals surface area contributed by atoms with Crippen LogP contribution in [-0.4, -0.2) is 55.5 Å². The van der Waals surface area contributed by atoms with Crippen LogP contribution in [0.15, 0.2) is 77.8 Å². The maximum absolute atomic E-state index is 12.5. The third kappa shape index (κ3) is 5.35. The Balaban J connectivity index is 1.15. The molecule has 1 amide bonds. The van der Waals surface area contributed by atoms with E-state index in [1.807, 2.05) is 35.2 Å². The number of likely N-dealkylation sites (tertiary alicyclic amines) is 1. The van der Waals surface area contributed by atoms with Crippen LogP contribution in [0.25, 0.3) is 28.2 Å². The number of carbonyl (C=O) groups excluding carboxylic acids is 1. The highest BCUT2D eigenvalue weighted by Gasteiger charge is 2.25. The summed E-state index contributed by atoms with van der Waals surface area (Å²) in [6.07, 6.45) is 6.02. The van der Waals surface area contributed by atoms with Gasteiger partial charge in [0.1, 0.15) is 6.33 Å². The minimum absolute atomic E-state index is 0.0260. The van der Waals surface area contributed by atoms with Crippen molar-refractivity contribution in [2.75, 3.05) is 18.4 Å². The second-order valence-corrected chi connectivity index (χ2v) is 11.4. The molecule has 2 fully saturated rings. The van der Waals surface area contributed by atoms with Crippen LogP contribution in [0.3, 0.4) is 0 Å². The molecule has 3 aromatic heterocycles. The topological polar surface area (TPSA) is 88.0 Å². The summed E-state index contributed by atoms with van der Waals surface area (Å²) in [5.41, 5.74) is 5.44. The molecule has 1 saturated heterocycles. The van der Waals surface area contributed by atoms with Crippen LogP contribution in [0.1, 0.15) is 41.6 Å². The minimum Gasteiger partial charge on any atom is -0.365 e. The number of aromatic nitrogens is 4. The van der Waals surface area contributed by atoms with E-state index < -0.39 is 0 Å². The van der Waals surface area contributed by atoms with E-state index in [2.05, 4.69) is 62.7 Å². The normalized spacial score (nSPS) is 16.3. The van der Waals surface area contributed by atoms with Gasteiger partial charge in [0.25, 0.3) is 5.91 Å². The second-order valence-electron chi connectivity index (χ2n) is 10.7. The molecule has 1 aliphatic carbocycles. The number of hydrogen-bond acceptors (Lipinski definition) is 7. The Kier molecular flexibility index (Phi) is 6.75. The third-order valence-electron chi connectivity index (χ3n) is 7.68. The van der Waals surface area contributed by atoms with E-state index in [-0.39, 0.29) is 5.91 Å². The van der Waals surface area contributed by atoms with Gasteiger partial charge in [-0.1, -0.05) is 42.5 Å². The minimum atomic E-state index is -0.0260. The van der Waals surface area contributed by atoms with Crippen molar-refractivity contribution in [2.45, 2.75) is 44.3 Å². The number of benzene rings is 2. The Morgan fingerprint density at radius 3 is 2.45 bits per heavy atom. The Labute approximate surface area is 237 Å². The molecule has 5 aromatic rings. The van der Waals surface area contributed by atoms with E-state index in [9.17, 15) is 4.79 Å². The molecule has 0 spiro atoms. The SMILES string of the molecule is O=C(NC1CC1)c1ccc(-c2nc(NC3CCN(Cc4ccccc4)CC3)c3ncn(-c4ccsc4)c3n2)cc1. The lowest BCUT2D eigenvalue weighted by Crippen LogP contribution is -2.38. The van der Waals surface area contributed by atoms with Crippen LogP contribution in [-0.2, 0) is 6.54 Å². The van der Waals surface area contributed by atoms with E-state index >= 15 is 0 Å². The molecule has 1 aliphatic heterocycles. The van der Waals surface area contributed by atoms with Gasteiger partial charge in [0, 0.05) is 48.2 Å². The number of thiophene rings is 1. The van der Waals surface area contributed by atoms with Gasteiger partial charge in [0.15, 0.2) is 22.8 Å². The first-order valence-electron chi connectivity index (χ1n) is 13.9. The molecule has 0 unspecified atom stereocenters. The molecule has 9 heteroatoms. The van der Waals surface area contributed by atoms with Gasteiger partial charge in [-0.25, -0.2) is 15.0 Å². The quantitative estimate of drug-likeness (QED) is 0.265. The van der Waals surface area contributed by atoms with Gasteiger partial charge in [-0.2, -0.15) is 11.3 Å². The standard InChI is InChI=1S/C31H31N7OS/c39-31(34-24-10-11-24)23-8-6-22(7-9-23)28-35-29(27-30(36-28)38(20-32-27)26-14-17-40-19-26)33-25-12-15-37(16-13-25)18-21-4-2-1-3-5-21/h1-9,14,17,19-20,24-25H,10-13,15-16,18H2,(H,34,39)(H,33,35,36). The van der Waals surface area contributed by atoms with Crippen molar-refractivity contribution in [2.24, 2.45) is 0 Å². The monoisotopic (exact) mass is 549 g/mol. The predicted molar refractivity (Wildman–Crippen MR) is 159 cm³/mol. The van der Waals surface area contributed by atoms with Crippen LogP contribution >= 0.6 is 11.3 Å². The van der Waals surface area contributed by atoms with Crippen molar-refractivity contribution in [1.82, 2.24) is 29.7 Å². The summed E-state index contributed by atoms with van der Waals surface area (Å²) in [7, 11) is 0. The fourth-order valence-corrected chi connectivity index (χ4v) is 5.88. The fraction of sp³-hybridized carbons (Fsp3) is 0.290. The molecule has 0 radical (unpaired) electrons. The molecule has 2 aliphatic rings. The van der Waals surface area contributed by atoms with Crippen molar-refractivity contribution < 1.29 is 4.79 Å². The predicted octanol–water partition coefficient (Wildman–Crippen LogP) is 5.51. The van der Waals surface area contributed by atoms with E-state index in [0.29, 0.717) is 23.5 Å². The van der Waals surface area contributed by atoms with Crippen LogP contribution < -0.4 is 10.6 Å². The molecular weight excluding hydrogens is 518 g/mol. The average Bonchev–Trinajstić information content (AvgIpc) is 3.44. The lowest BCUT2D eigenvalue weighted by Gasteiger charge is -2.32. The van der Waals surface area contributed by atoms with Crippen molar-refractivity contribution in [3.8, 4) is 17.1 Å². The molecule has 202 valence electrons. The van der Waals surface area contributed by atoms with E-state index in [0.717, 1.165) is 73.6 Å². The molecule has 4 heterocycles. The van der Waals surface area contributed by atoms with E-state index in [1.54, 1.807) is 11.3 Å². The zero-order valence-corrected chi connectivity index (χ0v) is 23.0. The highest BCUT2D eigenvalue weighted by Crippen LogP contribution is 2.29. The van der Waals surface area contributed by atoms with Crippen LogP contribution in [0.2, 0.25) is 0 Å². The van der Waals surface area contributed by atoms with Gasteiger partial charge in [-0.05, 0) is 54.8 Å². The molecule has 0 atom stereocenters. The lowest BCUT2D eigenvalue weighted by atomic mass is 10.0. The molecule has 7 rings (SSSR count). The van der Waals surface area contributed by atoms with Gasteiger partial charge >= 0.3 is 0 Å². The maximum atomic E-state index is 12.5. The summed E-state index contributed by atoms with van der Waals surface area (Å²) in [4.78, 5) is 29.7. The highest BCUT2D eigenvalue weighted by molar-refractivity contribution is 7.08. The van der Waals surface area contributed by atoms with Gasteiger partial charge in [0.05, 0.1) is 5.69 Å². The van der Waals surface area contributed by atoms with Crippen LogP contribution in [0, 0.1) is 0 Å². The number of nitrogens with one attached hydrogen (secondary N) is 2. The van der Waals surface area contributed by atoms with E-state index in [4.69, 9.17) is 15.0 Å². The van der Waals surface area contributed by atoms with Gasteiger partial charge < -0.3 is 10.6 Å². The van der Waals surface area contributed by atoms with Crippen molar-refractivity contribution in [1.29, 1.82) is 0 Å². The zero-order chi connectivity index (χ0) is 26.9. The number of imidazole rings is 1. The number of nitrogens with zero attached hydrogens (tertiary/aromatic N) is 5. The van der Waals surface area contributed by atoms with Gasteiger partial charge in [-0.15, -0.1) is 0 Å². The molecule has 2 N–H and O–H groups in total. The van der Waals surface area contributed by atoms with Crippen LogP contribution in [0.5, 0.6) is 0 Å². The Hall–Kier alpha value is -4.08.